The summed E-state index contributed by atoms with van der Waals surface area (Å²) < 4.78 is 5.50. The highest BCUT2D eigenvalue weighted by atomic mass is 16.5. The molecule has 1 aliphatic heterocycles. The summed E-state index contributed by atoms with van der Waals surface area (Å²) in [6, 6.07) is 7.77. The summed E-state index contributed by atoms with van der Waals surface area (Å²) in [4.78, 5) is 27.2. The summed E-state index contributed by atoms with van der Waals surface area (Å²) in [6.07, 6.45) is 1.63. The molecule has 1 saturated carbocycles. The third-order valence-electron chi connectivity index (χ3n) is 6.09. The van der Waals surface area contributed by atoms with Gasteiger partial charge in [-0.3, -0.25) is 4.79 Å². The van der Waals surface area contributed by atoms with E-state index < -0.39 is 5.41 Å². The second kappa shape index (κ2) is 7.63. The minimum atomic E-state index is -0.526. The van der Waals surface area contributed by atoms with E-state index in [1.165, 1.54) is 0 Å². The Morgan fingerprint density at radius 2 is 1.69 bits per heavy atom. The molecular weight excluding hydrogens is 366 g/mol. The second-order valence-electron chi connectivity index (χ2n) is 8.10. The first-order valence-electron chi connectivity index (χ1n) is 10.2. The first-order chi connectivity index (χ1) is 13.9. The van der Waals surface area contributed by atoms with Crippen LogP contribution in [0.5, 0.6) is 5.75 Å². The summed E-state index contributed by atoms with van der Waals surface area (Å²) >= 11 is 0. The van der Waals surface area contributed by atoms with E-state index in [0.717, 1.165) is 67.7 Å². The first kappa shape index (κ1) is 19.6. The SMILES string of the molecule is COc1ccccc1C1(C(=O)Nc2c(C)nc(N3CCN(C)CC3)nc2C)CC1. The van der Waals surface area contributed by atoms with Gasteiger partial charge in [-0.05, 0) is 39.8 Å². The van der Waals surface area contributed by atoms with Gasteiger partial charge in [0.2, 0.25) is 11.9 Å². The molecule has 0 spiro atoms. The molecule has 1 aromatic carbocycles. The molecule has 0 bridgehead atoms. The number of hydrogen-bond acceptors (Lipinski definition) is 6. The van der Waals surface area contributed by atoms with Gasteiger partial charge in [0.25, 0.3) is 0 Å². The Bertz CT molecular complexity index is 894. The molecule has 4 rings (SSSR count). The topological polar surface area (TPSA) is 70.6 Å². The van der Waals surface area contributed by atoms with E-state index in [4.69, 9.17) is 14.7 Å². The Morgan fingerprint density at radius 3 is 2.28 bits per heavy atom. The van der Waals surface area contributed by atoms with Crippen LogP contribution in [0.3, 0.4) is 0 Å². The first-order valence-corrected chi connectivity index (χ1v) is 10.2. The Kier molecular flexibility index (Phi) is 5.17. The molecule has 7 nitrogen and oxygen atoms in total. The van der Waals surface area contributed by atoms with Gasteiger partial charge in [0, 0.05) is 31.7 Å². The van der Waals surface area contributed by atoms with E-state index >= 15 is 0 Å². The maximum atomic E-state index is 13.3. The Morgan fingerprint density at radius 1 is 1.07 bits per heavy atom. The number of hydrogen-bond donors (Lipinski definition) is 1. The van der Waals surface area contributed by atoms with Crippen molar-refractivity contribution in [1.82, 2.24) is 14.9 Å². The van der Waals surface area contributed by atoms with E-state index in [9.17, 15) is 4.79 Å². The van der Waals surface area contributed by atoms with Crippen LogP contribution in [0.4, 0.5) is 11.6 Å². The van der Waals surface area contributed by atoms with Gasteiger partial charge in [-0.15, -0.1) is 0 Å². The van der Waals surface area contributed by atoms with Crippen molar-refractivity contribution >= 4 is 17.5 Å². The van der Waals surface area contributed by atoms with Gasteiger partial charge in [-0.1, -0.05) is 18.2 Å². The largest absolute Gasteiger partial charge is 0.496 e. The number of likely N-dealkylation sites (N-methyl/N-ethyl adjacent to an activating group) is 1. The summed E-state index contributed by atoms with van der Waals surface area (Å²) in [5.74, 6) is 1.50. The zero-order valence-electron chi connectivity index (χ0n) is 17.7. The number of para-hydroxylation sites is 1. The molecule has 0 radical (unpaired) electrons. The van der Waals surface area contributed by atoms with Gasteiger partial charge in [-0.2, -0.15) is 0 Å². The molecule has 1 amide bonds. The van der Waals surface area contributed by atoms with Gasteiger partial charge in [0.05, 0.1) is 29.6 Å². The van der Waals surface area contributed by atoms with Crippen LogP contribution < -0.4 is 15.0 Å². The van der Waals surface area contributed by atoms with Crippen molar-refractivity contribution in [2.24, 2.45) is 0 Å². The normalized spacial score (nSPS) is 18.4. The number of anilines is 2. The molecule has 0 atom stereocenters. The van der Waals surface area contributed by atoms with E-state index in [1.807, 2.05) is 38.1 Å². The monoisotopic (exact) mass is 395 g/mol. The minimum absolute atomic E-state index is 0.0100. The number of methoxy groups -OCH3 is 1. The van der Waals surface area contributed by atoms with E-state index in [0.29, 0.717) is 5.69 Å². The number of benzene rings is 1. The number of nitrogens with zero attached hydrogens (tertiary/aromatic N) is 4. The second-order valence-corrected chi connectivity index (χ2v) is 8.10. The zero-order valence-corrected chi connectivity index (χ0v) is 17.7. The lowest BCUT2D eigenvalue weighted by Gasteiger charge is -2.32. The highest BCUT2D eigenvalue weighted by molar-refractivity contribution is 6.02. The fourth-order valence-corrected chi connectivity index (χ4v) is 4.04. The van der Waals surface area contributed by atoms with Crippen molar-refractivity contribution in [2.45, 2.75) is 32.1 Å². The highest BCUT2D eigenvalue weighted by Gasteiger charge is 2.53. The van der Waals surface area contributed by atoms with Gasteiger partial charge >= 0.3 is 0 Å². The maximum absolute atomic E-state index is 13.3. The van der Waals surface area contributed by atoms with Gasteiger partial charge in [0.15, 0.2) is 0 Å². The van der Waals surface area contributed by atoms with Crippen LogP contribution in [0.25, 0.3) is 0 Å². The zero-order chi connectivity index (χ0) is 20.6. The van der Waals surface area contributed by atoms with Crippen LogP contribution in [-0.2, 0) is 10.2 Å². The number of aryl methyl sites for hydroxylation is 2. The third kappa shape index (κ3) is 3.67. The van der Waals surface area contributed by atoms with Crippen molar-refractivity contribution in [3.05, 3.63) is 41.2 Å². The van der Waals surface area contributed by atoms with Crippen LogP contribution in [0.1, 0.15) is 29.8 Å². The number of carbonyl (C=O) groups excluding carboxylic acids is 1. The summed E-state index contributed by atoms with van der Waals surface area (Å²) in [6.45, 7) is 7.71. The fourth-order valence-electron chi connectivity index (χ4n) is 4.04. The number of carbonyl (C=O) groups is 1. The van der Waals surface area contributed by atoms with Gasteiger partial charge < -0.3 is 19.9 Å². The predicted octanol–water partition coefficient (Wildman–Crippen LogP) is 2.52. The molecular formula is C22H29N5O2. The molecule has 154 valence electrons. The number of amides is 1. The maximum Gasteiger partial charge on any atom is 0.235 e. The highest BCUT2D eigenvalue weighted by Crippen LogP contribution is 2.52. The minimum Gasteiger partial charge on any atom is -0.496 e. The standard InChI is InChI=1S/C22H29N5O2/c1-15-19(16(2)24-21(23-15)27-13-11-26(3)12-14-27)25-20(28)22(9-10-22)17-7-5-6-8-18(17)29-4/h5-8H,9-14H2,1-4H3,(H,25,28). The Labute approximate surface area is 172 Å². The average molecular weight is 396 g/mol. The lowest BCUT2D eigenvalue weighted by molar-refractivity contribution is -0.118. The molecule has 1 saturated heterocycles. The smallest absolute Gasteiger partial charge is 0.235 e. The predicted molar refractivity (Wildman–Crippen MR) is 114 cm³/mol. The number of rotatable bonds is 5. The van der Waals surface area contributed by atoms with Gasteiger partial charge in [0.1, 0.15) is 5.75 Å². The lowest BCUT2D eigenvalue weighted by Crippen LogP contribution is -2.45. The van der Waals surface area contributed by atoms with Gasteiger partial charge in [-0.25, -0.2) is 9.97 Å². The molecule has 0 unspecified atom stereocenters. The van der Waals surface area contributed by atoms with Crippen molar-refractivity contribution in [2.75, 3.05) is 50.6 Å². The lowest BCUT2D eigenvalue weighted by atomic mass is 9.93. The van der Waals surface area contributed by atoms with Crippen molar-refractivity contribution in [1.29, 1.82) is 0 Å². The Balaban J connectivity index is 1.56. The molecule has 1 N–H and O–H groups in total. The molecule has 7 heteroatoms. The number of aromatic nitrogens is 2. The fraction of sp³-hybridized carbons (Fsp3) is 0.500. The van der Waals surface area contributed by atoms with Crippen molar-refractivity contribution < 1.29 is 9.53 Å². The summed E-state index contributed by atoms with van der Waals surface area (Å²) in [5, 5.41) is 3.12. The molecule has 1 aromatic heterocycles. The molecule has 2 aliphatic rings. The number of piperazine rings is 1. The molecule has 1 aliphatic carbocycles. The van der Waals surface area contributed by atoms with Crippen LogP contribution in [0.15, 0.2) is 24.3 Å². The van der Waals surface area contributed by atoms with Crippen LogP contribution in [0.2, 0.25) is 0 Å². The average Bonchev–Trinajstić information content (AvgIpc) is 3.53. The van der Waals surface area contributed by atoms with Crippen LogP contribution >= 0.6 is 0 Å². The number of ether oxygens (including phenoxy) is 1. The van der Waals surface area contributed by atoms with Crippen LogP contribution in [0, 0.1) is 13.8 Å². The Hall–Kier alpha value is -2.67. The van der Waals surface area contributed by atoms with Crippen molar-refractivity contribution in [3.8, 4) is 5.75 Å². The van der Waals surface area contributed by atoms with E-state index in [2.05, 4.69) is 22.2 Å². The molecule has 2 heterocycles. The summed E-state index contributed by atoms with van der Waals surface area (Å²) in [7, 11) is 3.77. The molecule has 2 fully saturated rings. The van der Waals surface area contributed by atoms with E-state index in [-0.39, 0.29) is 5.91 Å². The number of nitrogens with one attached hydrogen (secondary N) is 1. The van der Waals surface area contributed by atoms with E-state index in [1.54, 1.807) is 7.11 Å². The van der Waals surface area contributed by atoms with Crippen LogP contribution in [-0.4, -0.2) is 61.1 Å². The van der Waals surface area contributed by atoms with Crippen molar-refractivity contribution in [3.63, 3.8) is 0 Å². The molecule has 2 aromatic rings. The molecule has 29 heavy (non-hydrogen) atoms. The quantitative estimate of drug-likeness (QED) is 0.839. The third-order valence-corrected chi connectivity index (χ3v) is 6.09. The summed E-state index contributed by atoms with van der Waals surface area (Å²) in [5.41, 5.74) is 2.74.